The van der Waals surface area contributed by atoms with E-state index >= 15 is 0 Å². The van der Waals surface area contributed by atoms with Crippen LogP contribution in [0.5, 0.6) is 5.75 Å². The molecule has 0 N–H and O–H groups in total. The average Bonchev–Trinajstić information content (AvgIpc) is 3.11. The maximum atomic E-state index is 12.4. The van der Waals surface area contributed by atoms with E-state index in [1.807, 2.05) is 6.07 Å². The lowest BCUT2D eigenvalue weighted by atomic mass is 10.2. The third kappa shape index (κ3) is 5.16. The summed E-state index contributed by atoms with van der Waals surface area (Å²) >= 11 is 16.3. The predicted octanol–water partition coefficient (Wildman–Crippen LogP) is 6.77. The van der Waals surface area contributed by atoms with Crippen LogP contribution in [0.25, 0.3) is 6.08 Å². The predicted molar refractivity (Wildman–Crippen MR) is 140 cm³/mol. The van der Waals surface area contributed by atoms with E-state index in [0.29, 0.717) is 39.6 Å². The van der Waals surface area contributed by atoms with Gasteiger partial charge in [-0.25, -0.2) is 14.6 Å². The lowest BCUT2D eigenvalue weighted by Gasteiger charge is -2.10. The Balaban J connectivity index is 1.61. The van der Waals surface area contributed by atoms with Crippen molar-refractivity contribution in [3.05, 3.63) is 100 Å². The molecule has 1 aliphatic heterocycles. The van der Waals surface area contributed by atoms with Crippen molar-refractivity contribution in [3.63, 3.8) is 0 Å². The fraction of sp³-hybridized carbons (Fsp3) is 0. The van der Waals surface area contributed by atoms with Gasteiger partial charge in [-0.15, -0.1) is 0 Å². The van der Waals surface area contributed by atoms with Crippen LogP contribution >= 0.6 is 68.4 Å². The zero-order valence-corrected chi connectivity index (χ0v) is 21.8. The SMILES string of the molecule is O=C1OC(c2ccc(Cl)cc2Cl)=N/C1=C\c1cc(I)c(OC(=O)c2ccccc2)c(I)c1. The Labute approximate surface area is 220 Å². The first-order chi connectivity index (χ1) is 15.3. The molecule has 0 radical (unpaired) electrons. The van der Waals surface area contributed by atoms with Crippen LogP contribution in [-0.4, -0.2) is 17.8 Å². The Morgan fingerprint density at radius 1 is 1.00 bits per heavy atom. The lowest BCUT2D eigenvalue weighted by molar-refractivity contribution is -0.129. The molecule has 1 aliphatic rings. The maximum absolute atomic E-state index is 12.4. The second-order valence-electron chi connectivity index (χ2n) is 6.53. The fourth-order valence-electron chi connectivity index (χ4n) is 2.83. The van der Waals surface area contributed by atoms with Crippen molar-refractivity contribution in [1.82, 2.24) is 0 Å². The Bertz CT molecular complexity index is 1280. The quantitative estimate of drug-likeness (QED) is 0.131. The Morgan fingerprint density at radius 2 is 1.69 bits per heavy atom. The molecule has 1 heterocycles. The third-order valence-corrected chi connectivity index (χ3v) is 6.46. The van der Waals surface area contributed by atoms with Crippen LogP contribution in [0.1, 0.15) is 21.5 Å². The van der Waals surface area contributed by atoms with E-state index in [1.165, 1.54) is 0 Å². The van der Waals surface area contributed by atoms with Gasteiger partial charge in [-0.2, -0.15) is 0 Å². The van der Waals surface area contributed by atoms with E-state index < -0.39 is 11.9 Å². The summed E-state index contributed by atoms with van der Waals surface area (Å²) in [5.41, 5.74) is 1.77. The van der Waals surface area contributed by atoms with Gasteiger partial charge in [-0.05, 0) is 99.3 Å². The van der Waals surface area contributed by atoms with Crippen LogP contribution < -0.4 is 4.74 Å². The number of carbonyl (C=O) groups excluding carboxylic acids is 2. The molecule has 3 aromatic rings. The first kappa shape index (κ1) is 23.2. The Kier molecular flexibility index (Phi) is 7.18. The number of carbonyl (C=O) groups is 2. The molecular weight excluding hydrogens is 679 g/mol. The summed E-state index contributed by atoms with van der Waals surface area (Å²) in [5, 5.41) is 0.802. The molecule has 5 nitrogen and oxygen atoms in total. The molecule has 0 amide bonds. The van der Waals surface area contributed by atoms with Gasteiger partial charge in [0, 0.05) is 5.02 Å². The Morgan fingerprint density at radius 3 is 2.34 bits per heavy atom. The minimum atomic E-state index is -0.587. The summed E-state index contributed by atoms with van der Waals surface area (Å²) in [6.07, 6.45) is 1.60. The molecule has 4 rings (SSSR count). The van der Waals surface area contributed by atoms with Gasteiger partial charge in [-0.3, -0.25) is 0 Å². The maximum Gasteiger partial charge on any atom is 0.363 e. The van der Waals surface area contributed by atoms with Crippen LogP contribution in [0.15, 0.2) is 71.4 Å². The topological polar surface area (TPSA) is 65.0 Å². The van der Waals surface area contributed by atoms with Crippen LogP contribution in [0.4, 0.5) is 0 Å². The normalized spacial score (nSPS) is 14.3. The molecule has 3 aromatic carbocycles. The van der Waals surface area contributed by atoms with Gasteiger partial charge >= 0.3 is 11.9 Å². The molecule has 0 unspecified atom stereocenters. The first-order valence-electron chi connectivity index (χ1n) is 9.06. The number of cyclic esters (lactones) is 1. The van der Waals surface area contributed by atoms with Crippen molar-refractivity contribution in [3.8, 4) is 5.75 Å². The van der Waals surface area contributed by atoms with Gasteiger partial charge < -0.3 is 9.47 Å². The number of nitrogens with zero attached hydrogens (tertiary/aromatic N) is 1. The first-order valence-corrected chi connectivity index (χ1v) is 12.0. The van der Waals surface area contributed by atoms with Crippen LogP contribution in [0.2, 0.25) is 10.0 Å². The number of hydrogen-bond acceptors (Lipinski definition) is 5. The minimum absolute atomic E-state index is 0.112. The van der Waals surface area contributed by atoms with Gasteiger partial charge in [0.25, 0.3) is 0 Å². The summed E-state index contributed by atoms with van der Waals surface area (Å²) < 4.78 is 12.3. The van der Waals surface area contributed by atoms with E-state index in [0.717, 1.165) is 0 Å². The van der Waals surface area contributed by atoms with Crippen molar-refractivity contribution in [2.24, 2.45) is 4.99 Å². The molecule has 0 atom stereocenters. The molecule has 160 valence electrons. The largest absolute Gasteiger partial charge is 0.421 e. The Hall–Kier alpha value is -1.95. The van der Waals surface area contributed by atoms with E-state index in [9.17, 15) is 9.59 Å². The van der Waals surface area contributed by atoms with E-state index in [1.54, 1.807) is 60.7 Å². The van der Waals surface area contributed by atoms with Crippen LogP contribution in [-0.2, 0) is 9.53 Å². The van der Waals surface area contributed by atoms with Gasteiger partial charge in [0.15, 0.2) is 11.4 Å². The molecule has 0 bridgehead atoms. The van der Waals surface area contributed by atoms with E-state index in [2.05, 4.69) is 50.2 Å². The highest BCUT2D eigenvalue weighted by Crippen LogP contribution is 2.32. The minimum Gasteiger partial charge on any atom is -0.421 e. The lowest BCUT2D eigenvalue weighted by Crippen LogP contribution is -2.10. The molecule has 0 spiro atoms. The zero-order valence-electron chi connectivity index (χ0n) is 15.9. The number of hydrogen-bond donors (Lipinski definition) is 0. The molecule has 0 saturated heterocycles. The number of aliphatic imine (C=N–C) groups is 1. The van der Waals surface area contributed by atoms with E-state index in [4.69, 9.17) is 32.7 Å². The molecule has 0 fully saturated rings. The number of benzene rings is 3. The van der Waals surface area contributed by atoms with E-state index in [-0.39, 0.29) is 11.6 Å². The summed E-state index contributed by atoms with van der Waals surface area (Å²) in [7, 11) is 0. The van der Waals surface area contributed by atoms with Gasteiger partial charge in [0.05, 0.1) is 23.3 Å². The van der Waals surface area contributed by atoms with Gasteiger partial charge in [0.1, 0.15) is 0 Å². The summed E-state index contributed by atoms with van der Waals surface area (Å²) in [6, 6.07) is 17.2. The summed E-state index contributed by atoms with van der Waals surface area (Å²) in [4.78, 5) is 29.0. The second-order valence-corrected chi connectivity index (χ2v) is 9.70. The monoisotopic (exact) mass is 689 g/mol. The number of esters is 2. The van der Waals surface area contributed by atoms with Crippen LogP contribution in [0.3, 0.4) is 0 Å². The number of rotatable bonds is 4. The van der Waals surface area contributed by atoms with Gasteiger partial charge in [0.2, 0.25) is 5.90 Å². The molecule has 0 saturated carbocycles. The summed E-state index contributed by atoms with van der Waals surface area (Å²) in [6.45, 7) is 0. The van der Waals surface area contributed by atoms with Crippen molar-refractivity contribution in [2.75, 3.05) is 0 Å². The third-order valence-electron chi connectivity index (χ3n) is 4.31. The molecule has 9 heteroatoms. The smallest absolute Gasteiger partial charge is 0.363 e. The van der Waals surface area contributed by atoms with Crippen molar-refractivity contribution in [1.29, 1.82) is 0 Å². The molecular formula is C23H11Cl2I2NO4. The van der Waals surface area contributed by atoms with Crippen molar-refractivity contribution >= 4 is 92.3 Å². The molecule has 32 heavy (non-hydrogen) atoms. The highest BCUT2D eigenvalue weighted by atomic mass is 127. The highest BCUT2D eigenvalue weighted by Gasteiger charge is 2.26. The number of halogens is 4. The fourth-order valence-corrected chi connectivity index (χ4v) is 5.36. The average molecular weight is 690 g/mol. The molecule has 0 aromatic heterocycles. The summed E-state index contributed by atoms with van der Waals surface area (Å²) in [5.74, 6) is -0.467. The van der Waals surface area contributed by atoms with Crippen LogP contribution in [0, 0.1) is 7.14 Å². The van der Waals surface area contributed by atoms with Crippen molar-refractivity contribution < 1.29 is 19.1 Å². The number of ether oxygens (including phenoxy) is 2. The highest BCUT2D eigenvalue weighted by molar-refractivity contribution is 14.1. The zero-order chi connectivity index (χ0) is 22.8. The molecule has 0 aliphatic carbocycles. The van der Waals surface area contributed by atoms with Gasteiger partial charge in [-0.1, -0.05) is 41.4 Å². The standard InChI is InChI=1S/C23H11Cl2I2NO4/c24-14-6-7-15(16(25)11-14)21-28-19(23(30)32-21)10-12-8-17(26)20(18(27)9-12)31-22(29)13-4-2-1-3-5-13/h1-11H/b19-10-. The van der Waals surface area contributed by atoms with Crippen molar-refractivity contribution in [2.45, 2.75) is 0 Å². The second kappa shape index (κ2) is 9.90.